The van der Waals surface area contributed by atoms with Gasteiger partial charge in [0, 0.05) is 22.5 Å². The molecule has 0 aliphatic rings. The summed E-state index contributed by atoms with van der Waals surface area (Å²) in [6, 6.07) is 13.2. The number of carbonyl (C=O) groups excluding carboxylic acids is 1. The summed E-state index contributed by atoms with van der Waals surface area (Å²) in [7, 11) is 0. The van der Waals surface area contributed by atoms with Gasteiger partial charge in [-0.1, -0.05) is 11.6 Å². The number of hydrogen-bond donors (Lipinski definition) is 0. The van der Waals surface area contributed by atoms with Crippen molar-refractivity contribution in [3.63, 3.8) is 0 Å². The summed E-state index contributed by atoms with van der Waals surface area (Å²) in [6.45, 7) is -3.21. The molecule has 0 aliphatic carbocycles. The van der Waals surface area contributed by atoms with E-state index in [1.54, 1.807) is 24.3 Å². The minimum Gasteiger partial charge on any atom is -0.446 e. The van der Waals surface area contributed by atoms with Crippen LogP contribution in [0, 0.1) is 10.1 Å². The van der Waals surface area contributed by atoms with Crippen LogP contribution >= 0.6 is 11.6 Å². The lowest BCUT2D eigenvalue weighted by Gasteiger charge is -2.08. The van der Waals surface area contributed by atoms with E-state index in [-0.39, 0.29) is 38.9 Å². The molecule has 0 fully saturated rings. The Bertz CT molecular complexity index is 1730. The highest BCUT2D eigenvalue weighted by molar-refractivity contribution is 6.30. The predicted molar refractivity (Wildman–Crippen MR) is 127 cm³/mol. The SMILES string of the molecule is O=C(Oc1ccc([N+](=O)[O-])cc1)c1ccc(OC(F)F)c2oc3c(=O)n(-c4ccc(Cl)cc4)ncc3c12. The zero-order chi connectivity index (χ0) is 26.3. The lowest BCUT2D eigenvalue weighted by molar-refractivity contribution is -0.384. The molecule has 0 saturated heterocycles. The standard InChI is InChI=1S/C24H12ClF2N3O7/c25-12-1-3-13(4-2-12)29-22(31)20-17(11-28-29)19-16(9-10-18(21(19)37-20)36-24(26)27)23(32)35-15-7-5-14(6-8-15)30(33)34/h1-11,24H. The van der Waals surface area contributed by atoms with Gasteiger partial charge in [0.25, 0.3) is 5.69 Å². The number of ether oxygens (including phenoxy) is 2. The van der Waals surface area contributed by atoms with E-state index in [1.165, 1.54) is 24.4 Å². The molecule has 0 amide bonds. The minimum absolute atomic E-state index is 0.00678. The molecule has 0 bridgehead atoms. The van der Waals surface area contributed by atoms with Crippen molar-refractivity contribution in [3.05, 3.63) is 97.9 Å². The largest absolute Gasteiger partial charge is 0.446 e. The fourth-order valence-electron chi connectivity index (χ4n) is 3.67. The van der Waals surface area contributed by atoms with Gasteiger partial charge >= 0.3 is 18.1 Å². The smallest absolute Gasteiger partial charge is 0.387 e. The van der Waals surface area contributed by atoms with E-state index in [0.29, 0.717) is 10.7 Å². The fraction of sp³-hybridized carbons (Fsp3) is 0.0417. The number of furan rings is 1. The van der Waals surface area contributed by atoms with Gasteiger partial charge in [0.1, 0.15) is 5.75 Å². The van der Waals surface area contributed by atoms with Crippen molar-refractivity contribution < 1.29 is 32.4 Å². The number of alkyl halides is 2. The summed E-state index contributed by atoms with van der Waals surface area (Å²) in [5.41, 5.74) is -1.28. The number of rotatable bonds is 6. The number of benzene rings is 3. The second-order valence-corrected chi connectivity index (χ2v) is 7.95. The van der Waals surface area contributed by atoms with Gasteiger partial charge < -0.3 is 13.9 Å². The molecule has 0 radical (unpaired) electrons. The Morgan fingerprint density at radius 3 is 2.41 bits per heavy atom. The van der Waals surface area contributed by atoms with Gasteiger partial charge in [-0.15, -0.1) is 0 Å². The van der Waals surface area contributed by atoms with Gasteiger partial charge in [-0.2, -0.15) is 18.6 Å². The molecule has 0 unspecified atom stereocenters. The topological polar surface area (TPSA) is 127 Å². The molecule has 10 nitrogen and oxygen atoms in total. The first-order valence-electron chi connectivity index (χ1n) is 10.4. The number of nitrogens with zero attached hydrogens (tertiary/aromatic N) is 3. The summed E-state index contributed by atoms with van der Waals surface area (Å²) < 4.78 is 42.6. The van der Waals surface area contributed by atoms with Crippen LogP contribution in [0.5, 0.6) is 11.5 Å². The van der Waals surface area contributed by atoms with E-state index in [0.717, 1.165) is 22.9 Å². The van der Waals surface area contributed by atoms with Crippen LogP contribution in [0.1, 0.15) is 10.4 Å². The molecule has 5 aromatic rings. The van der Waals surface area contributed by atoms with Gasteiger partial charge in [0.15, 0.2) is 11.3 Å². The van der Waals surface area contributed by atoms with Crippen molar-refractivity contribution in [2.45, 2.75) is 6.61 Å². The van der Waals surface area contributed by atoms with Gasteiger partial charge in [-0.3, -0.25) is 14.9 Å². The second kappa shape index (κ2) is 9.32. The maximum Gasteiger partial charge on any atom is 0.387 e. The third-order valence-electron chi connectivity index (χ3n) is 5.29. The van der Waals surface area contributed by atoms with E-state index < -0.39 is 28.8 Å². The highest BCUT2D eigenvalue weighted by Crippen LogP contribution is 2.37. The zero-order valence-electron chi connectivity index (χ0n) is 18.3. The molecule has 0 N–H and O–H groups in total. The van der Waals surface area contributed by atoms with Crippen molar-refractivity contribution in [3.8, 4) is 17.2 Å². The number of carbonyl (C=O) groups is 1. The number of halogens is 3. The van der Waals surface area contributed by atoms with Crippen LogP contribution in [-0.2, 0) is 0 Å². The summed E-state index contributed by atoms with van der Waals surface area (Å²) in [5.74, 6) is -1.36. The molecular formula is C24H12ClF2N3O7. The molecule has 13 heteroatoms. The molecule has 5 rings (SSSR count). The van der Waals surface area contributed by atoms with Gasteiger partial charge in [-0.25, -0.2) is 4.79 Å². The molecular weight excluding hydrogens is 516 g/mol. The lowest BCUT2D eigenvalue weighted by atomic mass is 10.1. The highest BCUT2D eigenvalue weighted by atomic mass is 35.5. The average Bonchev–Trinajstić information content (AvgIpc) is 3.26. The number of nitro benzene ring substituents is 1. The van der Waals surface area contributed by atoms with Crippen molar-refractivity contribution in [2.75, 3.05) is 0 Å². The van der Waals surface area contributed by atoms with Crippen LogP contribution in [0.15, 0.2) is 76.1 Å². The Labute approximate surface area is 209 Å². The Morgan fingerprint density at radius 1 is 1.05 bits per heavy atom. The molecule has 0 saturated carbocycles. The molecule has 2 heterocycles. The van der Waals surface area contributed by atoms with E-state index in [1.807, 2.05) is 0 Å². The monoisotopic (exact) mass is 527 g/mol. The van der Waals surface area contributed by atoms with Crippen LogP contribution in [0.2, 0.25) is 5.02 Å². The Balaban J connectivity index is 1.65. The number of nitro groups is 1. The van der Waals surface area contributed by atoms with E-state index in [9.17, 15) is 28.5 Å². The van der Waals surface area contributed by atoms with Crippen LogP contribution < -0.4 is 15.0 Å². The van der Waals surface area contributed by atoms with E-state index in [4.69, 9.17) is 20.8 Å². The van der Waals surface area contributed by atoms with E-state index >= 15 is 0 Å². The molecule has 3 aromatic carbocycles. The summed E-state index contributed by atoms with van der Waals surface area (Å²) in [6.07, 6.45) is 1.24. The molecule has 186 valence electrons. The summed E-state index contributed by atoms with van der Waals surface area (Å²) >= 11 is 5.90. The highest BCUT2D eigenvalue weighted by Gasteiger charge is 2.25. The van der Waals surface area contributed by atoms with Crippen molar-refractivity contribution >= 4 is 45.2 Å². The van der Waals surface area contributed by atoms with Crippen LogP contribution in [0.25, 0.3) is 27.6 Å². The number of hydrogen-bond acceptors (Lipinski definition) is 8. The number of fused-ring (bicyclic) bond motifs is 3. The number of non-ortho nitro benzene ring substituents is 1. The van der Waals surface area contributed by atoms with Gasteiger partial charge in [-0.05, 0) is 48.5 Å². The fourth-order valence-corrected chi connectivity index (χ4v) is 3.80. The Kier molecular flexibility index (Phi) is 6.01. The third kappa shape index (κ3) is 4.45. The van der Waals surface area contributed by atoms with Crippen LogP contribution in [0.3, 0.4) is 0 Å². The van der Waals surface area contributed by atoms with Crippen LogP contribution in [0.4, 0.5) is 14.5 Å². The number of aromatic nitrogens is 2. The molecule has 0 spiro atoms. The first-order valence-corrected chi connectivity index (χ1v) is 10.8. The lowest BCUT2D eigenvalue weighted by Crippen LogP contribution is -2.20. The first kappa shape index (κ1) is 23.9. The maximum atomic E-state index is 13.2. The molecule has 37 heavy (non-hydrogen) atoms. The normalized spacial score (nSPS) is 11.2. The summed E-state index contributed by atoms with van der Waals surface area (Å²) in [4.78, 5) is 36.4. The summed E-state index contributed by atoms with van der Waals surface area (Å²) in [5, 5.41) is 15.4. The maximum absolute atomic E-state index is 13.2. The molecule has 0 aliphatic heterocycles. The Morgan fingerprint density at radius 2 is 1.76 bits per heavy atom. The van der Waals surface area contributed by atoms with Crippen molar-refractivity contribution in [2.24, 2.45) is 0 Å². The molecule has 0 atom stereocenters. The van der Waals surface area contributed by atoms with Gasteiger partial charge in [0.2, 0.25) is 5.58 Å². The van der Waals surface area contributed by atoms with E-state index in [2.05, 4.69) is 9.84 Å². The van der Waals surface area contributed by atoms with Crippen molar-refractivity contribution in [1.29, 1.82) is 0 Å². The Hall–Kier alpha value is -4.84. The number of esters is 1. The van der Waals surface area contributed by atoms with Crippen LogP contribution in [-0.4, -0.2) is 27.3 Å². The second-order valence-electron chi connectivity index (χ2n) is 7.52. The quantitative estimate of drug-likeness (QED) is 0.122. The van der Waals surface area contributed by atoms with Crippen molar-refractivity contribution in [1.82, 2.24) is 9.78 Å². The third-order valence-corrected chi connectivity index (χ3v) is 5.55. The minimum atomic E-state index is -3.21. The molecule has 2 aromatic heterocycles. The zero-order valence-corrected chi connectivity index (χ0v) is 19.0. The first-order chi connectivity index (χ1) is 17.7. The van der Waals surface area contributed by atoms with Gasteiger partial charge in [0.05, 0.1) is 27.8 Å². The predicted octanol–water partition coefficient (Wildman–Crippen LogP) is 5.51. The average molecular weight is 528 g/mol.